The van der Waals surface area contributed by atoms with Crippen LogP contribution in [0.5, 0.6) is 0 Å². The number of nitrogens with zero attached hydrogens (tertiary/aromatic N) is 1. The van der Waals surface area contributed by atoms with Crippen molar-refractivity contribution in [2.75, 3.05) is 10.6 Å². The van der Waals surface area contributed by atoms with E-state index in [4.69, 9.17) is 16.7 Å². The number of hydrogen-bond donors (Lipinski definition) is 3. The van der Waals surface area contributed by atoms with E-state index in [2.05, 4.69) is 15.6 Å². The number of aromatic carboxylic acids is 1. The summed E-state index contributed by atoms with van der Waals surface area (Å²) >= 11 is 7.05. The van der Waals surface area contributed by atoms with E-state index in [1.165, 1.54) is 29.5 Å². The number of carboxylic acid groups (broad SMARTS) is 1. The van der Waals surface area contributed by atoms with Crippen molar-refractivity contribution in [1.82, 2.24) is 4.98 Å². The number of aromatic nitrogens is 1. The number of rotatable bonds is 3. The fourth-order valence-electron chi connectivity index (χ4n) is 1.47. The summed E-state index contributed by atoms with van der Waals surface area (Å²) in [6, 6.07) is 3.63. The average Bonchev–Trinajstić information content (AvgIpc) is 2.76. The number of anilines is 2. The van der Waals surface area contributed by atoms with Crippen LogP contribution in [-0.2, 0) is 0 Å². The monoisotopic (exact) mass is 311 g/mol. The largest absolute Gasteiger partial charge is 0.478 e. The van der Waals surface area contributed by atoms with Crippen molar-refractivity contribution in [1.29, 1.82) is 0 Å². The SMILES string of the molecule is Cc1cnc(NC(=O)Nc2ccc(Cl)cc2C(=O)O)s1. The minimum atomic E-state index is -1.17. The first-order valence-electron chi connectivity index (χ1n) is 5.49. The fourth-order valence-corrected chi connectivity index (χ4v) is 2.30. The molecule has 0 aliphatic rings. The summed E-state index contributed by atoms with van der Waals surface area (Å²) in [7, 11) is 0. The molecule has 0 atom stereocenters. The number of thiazole rings is 1. The fraction of sp³-hybridized carbons (Fsp3) is 0.0833. The van der Waals surface area contributed by atoms with Gasteiger partial charge in [-0.1, -0.05) is 11.6 Å². The number of amides is 2. The topological polar surface area (TPSA) is 91.3 Å². The lowest BCUT2D eigenvalue weighted by Gasteiger charge is -2.08. The zero-order chi connectivity index (χ0) is 14.7. The third kappa shape index (κ3) is 3.46. The Morgan fingerprint density at radius 2 is 2.10 bits per heavy atom. The zero-order valence-electron chi connectivity index (χ0n) is 10.3. The van der Waals surface area contributed by atoms with Gasteiger partial charge in [0.05, 0.1) is 11.3 Å². The maximum Gasteiger partial charge on any atom is 0.337 e. The van der Waals surface area contributed by atoms with Gasteiger partial charge in [-0.3, -0.25) is 5.32 Å². The molecule has 2 amide bonds. The van der Waals surface area contributed by atoms with Gasteiger partial charge in [-0.2, -0.15) is 0 Å². The van der Waals surface area contributed by atoms with Crippen molar-refractivity contribution in [3.63, 3.8) is 0 Å². The molecule has 2 aromatic rings. The van der Waals surface area contributed by atoms with Gasteiger partial charge in [-0.15, -0.1) is 11.3 Å². The van der Waals surface area contributed by atoms with Crippen molar-refractivity contribution < 1.29 is 14.7 Å². The summed E-state index contributed by atoms with van der Waals surface area (Å²) in [6.07, 6.45) is 1.63. The van der Waals surface area contributed by atoms with Gasteiger partial charge in [-0.05, 0) is 25.1 Å². The minimum Gasteiger partial charge on any atom is -0.478 e. The van der Waals surface area contributed by atoms with Gasteiger partial charge >= 0.3 is 12.0 Å². The van der Waals surface area contributed by atoms with Crippen LogP contribution in [0.15, 0.2) is 24.4 Å². The highest BCUT2D eigenvalue weighted by atomic mass is 35.5. The molecule has 1 aromatic carbocycles. The molecule has 0 bridgehead atoms. The number of nitrogens with one attached hydrogen (secondary N) is 2. The molecule has 6 nitrogen and oxygen atoms in total. The second-order valence-electron chi connectivity index (χ2n) is 3.85. The normalized spacial score (nSPS) is 10.1. The van der Waals surface area contributed by atoms with Crippen LogP contribution in [0.2, 0.25) is 5.02 Å². The molecule has 8 heteroatoms. The molecule has 104 valence electrons. The molecule has 1 aromatic heterocycles. The van der Waals surface area contributed by atoms with E-state index in [-0.39, 0.29) is 16.3 Å². The van der Waals surface area contributed by atoms with Crippen LogP contribution >= 0.6 is 22.9 Å². The van der Waals surface area contributed by atoms with Crippen LogP contribution in [0.4, 0.5) is 15.6 Å². The summed E-state index contributed by atoms with van der Waals surface area (Å²) < 4.78 is 0. The second-order valence-corrected chi connectivity index (χ2v) is 5.52. The number of hydrogen-bond acceptors (Lipinski definition) is 4. The van der Waals surface area contributed by atoms with E-state index in [9.17, 15) is 9.59 Å². The molecule has 0 saturated carbocycles. The van der Waals surface area contributed by atoms with E-state index >= 15 is 0 Å². The van der Waals surface area contributed by atoms with E-state index in [1.54, 1.807) is 6.20 Å². The van der Waals surface area contributed by atoms with Gasteiger partial charge in [0.25, 0.3) is 0 Å². The highest BCUT2D eigenvalue weighted by Gasteiger charge is 2.13. The van der Waals surface area contributed by atoms with Crippen LogP contribution < -0.4 is 10.6 Å². The summed E-state index contributed by atoms with van der Waals surface area (Å²) in [5.41, 5.74) is 0.0793. The van der Waals surface area contributed by atoms with Crippen molar-refractivity contribution in [2.45, 2.75) is 6.92 Å². The smallest absolute Gasteiger partial charge is 0.337 e. The Kier molecular flexibility index (Phi) is 4.21. The number of carbonyl (C=O) groups is 2. The van der Waals surface area contributed by atoms with Crippen molar-refractivity contribution in [3.05, 3.63) is 39.9 Å². The zero-order valence-corrected chi connectivity index (χ0v) is 11.9. The number of urea groups is 1. The molecule has 20 heavy (non-hydrogen) atoms. The molecule has 1 heterocycles. The molecule has 0 fully saturated rings. The van der Waals surface area contributed by atoms with Crippen LogP contribution in [0.3, 0.4) is 0 Å². The molecule has 0 unspecified atom stereocenters. The summed E-state index contributed by atoms with van der Waals surface area (Å²) in [4.78, 5) is 27.8. The maximum absolute atomic E-state index is 11.8. The van der Waals surface area contributed by atoms with Crippen molar-refractivity contribution >= 4 is 45.8 Å². The number of halogens is 1. The van der Waals surface area contributed by atoms with E-state index < -0.39 is 12.0 Å². The Hall–Kier alpha value is -2.12. The maximum atomic E-state index is 11.8. The van der Waals surface area contributed by atoms with Crippen molar-refractivity contribution in [3.8, 4) is 0 Å². The van der Waals surface area contributed by atoms with E-state index in [1.807, 2.05) is 6.92 Å². The molecule has 0 spiro atoms. The Morgan fingerprint density at radius 1 is 1.35 bits per heavy atom. The lowest BCUT2D eigenvalue weighted by molar-refractivity contribution is 0.0698. The van der Waals surface area contributed by atoms with Gasteiger partial charge in [0.15, 0.2) is 5.13 Å². The predicted octanol–water partition coefficient (Wildman–Crippen LogP) is 3.45. The lowest BCUT2D eigenvalue weighted by Crippen LogP contribution is -2.20. The third-order valence-electron chi connectivity index (χ3n) is 2.30. The van der Waals surface area contributed by atoms with E-state index in [0.717, 1.165) is 4.88 Å². The summed E-state index contributed by atoms with van der Waals surface area (Å²) in [5, 5.41) is 14.8. The van der Waals surface area contributed by atoms with Gasteiger partial charge in [0, 0.05) is 16.1 Å². The molecule has 0 saturated heterocycles. The first-order valence-corrected chi connectivity index (χ1v) is 6.68. The average molecular weight is 312 g/mol. The standard InChI is InChI=1S/C12H10ClN3O3S/c1-6-5-14-12(20-6)16-11(19)15-9-3-2-7(13)4-8(9)10(17)18/h2-5H,1H3,(H,17,18)(H2,14,15,16,19). The van der Waals surface area contributed by atoms with Crippen LogP contribution in [-0.4, -0.2) is 22.1 Å². The van der Waals surface area contributed by atoms with Crippen LogP contribution in [0, 0.1) is 6.92 Å². The van der Waals surface area contributed by atoms with Gasteiger partial charge in [-0.25, -0.2) is 14.6 Å². The first kappa shape index (κ1) is 14.3. The lowest BCUT2D eigenvalue weighted by atomic mass is 10.2. The highest BCUT2D eigenvalue weighted by Crippen LogP contribution is 2.22. The second kappa shape index (κ2) is 5.89. The Bertz CT molecular complexity index is 672. The summed E-state index contributed by atoms with van der Waals surface area (Å²) in [6.45, 7) is 1.86. The molecule has 0 aliphatic carbocycles. The van der Waals surface area contributed by atoms with Gasteiger partial charge in [0.2, 0.25) is 0 Å². The van der Waals surface area contributed by atoms with Gasteiger partial charge in [0.1, 0.15) is 0 Å². The quantitative estimate of drug-likeness (QED) is 0.809. The van der Waals surface area contributed by atoms with Crippen molar-refractivity contribution in [2.24, 2.45) is 0 Å². The predicted molar refractivity (Wildman–Crippen MR) is 77.9 cm³/mol. The van der Waals surface area contributed by atoms with Crippen LogP contribution in [0.1, 0.15) is 15.2 Å². The highest BCUT2D eigenvalue weighted by molar-refractivity contribution is 7.15. The molecular weight excluding hydrogens is 302 g/mol. The Morgan fingerprint density at radius 3 is 2.70 bits per heavy atom. The molecule has 2 rings (SSSR count). The first-order chi connectivity index (χ1) is 9.45. The molecule has 0 aliphatic heterocycles. The molecule has 0 radical (unpaired) electrons. The number of carboxylic acids is 1. The molecular formula is C12H10ClN3O3S. The number of aryl methyl sites for hydroxylation is 1. The minimum absolute atomic E-state index is 0.0806. The number of benzene rings is 1. The van der Waals surface area contributed by atoms with E-state index in [0.29, 0.717) is 5.13 Å². The van der Waals surface area contributed by atoms with Crippen LogP contribution in [0.25, 0.3) is 0 Å². The van der Waals surface area contributed by atoms with Gasteiger partial charge < -0.3 is 10.4 Å². The Balaban J connectivity index is 2.13. The Labute approximate surface area is 123 Å². The summed E-state index contributed by atoms with van der Waals surface area (Å²) in [5.74, 6) is -1.17. The molecule has 3 N–H and O–H groups in total. The number of carbonyl (C=O) groups excluding carboxylic acids is 1. The third-order valence-corrected chi connectivity index (χ3v) is 3.37.